The molecule has 2 N–H and O–H groups in total. The Labute approximate surface area is 131 Å². The van der Waals surface area contributed by atoms with Gasteiger partial charge in [0.15, 0.2) is 0 Å². The maximum absolute atomic E-state index is 12.0. The molecular weight excluding hydrogens is 276 g/mol. The third kappa shape index (κ3) is 4.43. The van der Waals surface area contributed by atoms with Gasteiger partial charge in [-0.3, -0.25) is 4.79 Å². The number of nitrogens with one attached hydrogen (secondary N) is 2. The van der Waals surface area contributed by atoms with Gasteiger partial charge in [-0.15, -0.1) is 0 Å². The zero-order valence-electron chi connectivity index (χ0n) is 13.5. The van der Waals surface area contributed by atoms with Crippen LogP contribution < -0.4 is 10.6 Å². The molecule has 0 aliphatic heterocycles. The summed E-state index contributed by atoms with van der Waals surface area (Å²) in [5.74, 6) is -0.0125. The fraction of sp³-hybridized carbons (Fsp3) is 0.412. The SMILES string of the molecule is CCCNC(=O)c1cccc(CNC(C)c2cn(C)cn2)c1. The van der Waals surface area contributed by atoms with Crippen LogP contribution in [0.25, 0.3) is 0 Å². The molecule has 0 aliphatic carbocycles. The average Bonchev–Trinajstić information content (AvgIpc) is 2.97. The summed E-state index contributed by atoms with van der Waals surface area (Å²) in [4.78, 5) is 16.3. The summed E-state index contributed by atoms with van der Waals surface area (Å²) in [6.07, 6.45) is 4.74. The number of aryl methyl sites for hydroxylation is 1. The molecule has 0 radical (unpaired) electrons. The van der Waals surface area contributed by atoms with Gasteiger partial charge in [-0.25, -0.2) is 4.98 Å². The van der Waals surface area contributed by atoms with E-state index in [0.717, 1.165) is 17.7 Å². The minimum absolute atomic E-state index is 0.0125. The summed E-state index contributed by atoms with van der Waals surface area (Å²) in [7, 11) is 1.96. The van der Waals surface area contributed by atoms with Crippen molar-refractivity contribution in [2.45, 2.75) is 32.9 Å². The van der Waals surface area contributed by atoms with Crippen LogP contribution in [-0.4, -0.2) is 22.0 Å². The smallest absolute Gasteiger partial charge is 0.251 e. The van der Waals surface area contributed by atoms with Crippen molar-refractivity contribution in [1.29, 1.82) is 0 Å². The van der Waals surface area contributed by atoms with Gasteiger partial charge in [0.05, 0.1) is 12.0 Å². The van der Waals surface area contributed by atoms with Gasteiger partial charge in [0.1, 0.15) is 0 Å². The van der Waals surface area contributed by atoms with Crippen LogP contribution in [0.1, 0.15) is 47.9 Å². The Hall–Kier alpha value is -2.14. The second-order valence-corrected chi connectivity index (χ2v) is 5.52. The van der Waals surface area contributed by atoms with Gasteiger partial charge >= 0.3 is 0 Å². The third-order valence-electron chi connectivity index (χ3n) is 3.51. The number of hydrogen-bond acceptors (Lipinski definition) is 3. The predicted octanol–water partition coefficient (Wildman–Crippen LogP) is 2.41. The summed E-state index contributed by atoms with van der Waals surface area (Å²) in [5, 5.41) is 6.33. The molecule has 0 spiro atoms. The van der Waals surface area contributed by atoms with E-state index < -0.39 is 0 Å². The number of benzene rings is 1. The minimum atomic E-state index is -0.0125. The Morgan fingerprint density at radius 1 is 1.41 bits per heavy atom. The monoisotopic (exact) mass is 300 g/mol. The highest BCUT2D eigenvalue weighted by Gasteiger charge is 2.09. The fourth-order valence-corrected chi connectivity index (χ4v) is 2.20. The highest BCUT2D eigenvalue weighted by molar-refractivity contribution is 5.94. The van der Waals surface area contributed by atoms with Crippen LogP contribution in [0.2, 0.25) is 0 Å². The number of aromatic nitrogens is 2. The molecule has 0 aliphatic rings. The van der Waals surface area contributed by atoms with Crippen LogP contribution in [0.15, 0.2) is 36.8 Å². The van der Waals surface area contributed by atoms with E-state index in [9.17, 15) is 4.79 Å². The Balaban J connectivity index is 1.94. The molecule has 0 fully saturated rings. The fourth-order valence-electron chi connectivity index (χ4n) is 2.20. The molecule has 2 aromatic rings. The molecule has 1 unspecified atom stereocenters. The predicted molar refractivity (Wildman–Crippen MR) is 87.5 cm³/mol. The van der Waals surface area contributed by atoms with Crippen molar-refractivity contribution in [1.82, 2.24) is 20.2 Å². The molecule has 1 atom stereocenters. The standard InChI is InChI=1S/C17H24N4O/c1-4-8-18-17(22)15-7-5-6-14(9-15)10-19-13(2)16-11-21(3)12-20-16/h5-7,9,11-13,19H,4,8,10H2,1-3H3,(H,18,22). The van der Waals surface area contributed by atoms with E-state index in [1.54, 1.807) is 6.33 Å². The van der Waals surface area contributed by atoms with E-state index >= 15 is 0 Å². The van der Waals surface area contributed by atoms with Crippen molar-refractivity contribution in [3.8, 4) is 0 Å². The summed E-state index contributed by atoms with van der Waals surface area (Å²) in [5.41, 5.74) is 2.81. The van der Waals surface area contributed by atoms with Crippen LogP contribution in [0, 0.1) is 0 Å². The van der Waals surface area contributed by atoms with E-state index in [1.807, 2.05) is 49.0 Å². The van der Waals surface area contributed by atoms with Gasteiger partial charge in [0, 0.05) is 37.9 Å². The molecular formula is C17H24N4O. The van der Waals surface area contributed by atoms with Gasteiger partial charge in [0.2, 0.25) is 0 Å². The highest BCUT2D eigenvalue weighted by Crippen LogP contribution is 2.11. The topological polar surface area (TPSA) is 59.0 Å². The number of nitrogens with zero attached hydrogens (tertiary/aromatic N) is 2. The number of amides is 1. The average molecular weight is 300 g/mol. The van der Waals surface area contributed by atoms with E-state index in [2.05, 4.69) is 22.5 Å². The van der Waals surface area contributed by atoms with Crippen molar-refractivity contribution >= 4 is 5.91 Å². The zero-order valence-corrected chi connectivity index (χ0v) is 13.5. The number of hydrogen-bond donors (Lipinski definition) is 2. The normalized spacial score (nSPS) is 12.1. The van der Waals surface area contributed by atoms with E-state index in [0.29, 0.717) is 18.7 Å². The van der Waals surface area contributed by atoms with Gasteiger partial charge < -0.3 is 15.2 Å². The second-order valence-electron chi connectivity index (χ2n) is 5.52. The first-order valence-corrected chi connectivity index (χ1v) is 7.68. The molecule has 0 bridgehead atoms. The van der Waals surface area contributed by atoms with Gasteiger partial charge in [-0.1, -0.05) is 19.1 Å². The zero-order chi connectivity index (χ0) is 15.9. The first-order chi connectivity index (χ1) is 10.6. The van der Waals surface area contributed by atoms with E-state index in [4.69, 9.17) is 0 Å². The third-order valence-corrected chi connectivity index (χ3v) is 3.51. The molecule has 1 heterocycles. The lowest BCUT2D eigenvalue weighted by Crippen LogP contribution is -2.24. The number of carbonyl (C=O) groups excluding carboxylic acids is 1. The Morgan fingerprint density at radius 2 is 2.23 bits per heavy atom. The minimum Gasteiger partial charge on any atom is -0.352 e. The Bertz CT molecular complexity index is 621. The molecule has 1 aromatic heterocycles. The lowest BCUT2D eigenvalue weighted by molar-refractivity contribution is 0.0953. The number of rotatable bonds is 7. The maximum atomic E-state index is 12.0. The van der Waals surface area contributed by atoms with Crippen LogP contribution in [0.3, 0.4) is 0 Å². The molecule has 0 saturated carbocycles. The van der Waals surface area contributed by atoms with Gasteiger partial charge in [-0.2, -0.15) is 0 Å². The van der Waals surface area contributed by atoms with Crippen LogP contribution in [-0.2, 0) is 13.6 Å². The Kier molecular flexibility index (Phi) is 5.72. The molecule has 1 amide bonds. The highest BCUT2D eigenvalue weighted by atomic mass is 16.1. The molecule has 118 valence electrons. The second kappa shape index (κ2) is 7.75. The molecule has 22 heavy (non-hydrogen) atoms. The van der Waals surface area contributed by atoms with Gasteiger partial charge in [-0.05, 0) is 31.0 Å². The summed E-state index contributed by atoms with van der Waals surface area (Å²) >= 11 is 0. The van der Waals surface area contributed by atoms with Gasteiger partial charge in [0.25, 0.3) is 5.91 Å². The summed E-state index contributed by atoms with van der Waals surface area (Å²) in [6, 6.07) is 7.89. The summed E-state index contributed by atoms with van der Waals surface area (Å²) in [6.45, 7) is 5.53. The lowest BCUT2D eigenvalue weighted by Gasteiger charge is -2.12. The molecule has 1 aromatic carbocycles. The summed E-state index contributed by atoms with van der Waals surface area (Å²) < 4.78 is 1.94. The van der Waals surface area contributed by atoms with Crippen molar-refractivity contribution in [2.24, 2.45) is 7.05 Å². The quantitative estimate of drug-likeness (QED) is 0.825. The molecule has 5 nitrogen and oxygen atoms in total. The first-order valence-electron chi connectivity index (χ1n) is 7.68. The van der Waals surface area contributed by atoms with Crippen molar-refractivity contribution < 1.29 is 4.79 Å². The molecule has 5 heteroatoms. The van der Waals surface area contributed by atoms with Crippen LogP contribution >= 0.6 is 0 Å². The van der Waals surface area contributed by atoms with E-state index in [1.165, 1.54) is 0 Å². The molecule has 2 rings (SSSR count). The maximum Gasteiger partial charge on any atom is 0.251 e. The van der Waals surface area contributed by atoms with Crippen LogP contribution in [0.5, 0.6) is 0 Å². The molecule has 0 saturated heterocycles. The lowest BCUT2D eigenvalue weighted by atomic mass is 10.1. The van der Waals surface area contributed by atoms with E-state index in [-0.39, 0.29) is 11.9 Å². The first kappa shape index (κ1) is 16.2. The van der Waals surface area contributed by atoms with Crippen molar-refractivity contribution in [2.75, 3.05) is 6.54 Å². The Morgan fingerprint density at radius 3 is 2.91 bits per heavy atom. The number of imidazole rings is 1. The van der Waals surface area contributed by atoms with Crippen molar-refractivity contribution in [3.05, 3.63) is 53.6 Å². The van der Waals surface area contributed by atoms with Crippen LogP contribution in [0.4, 0.5) is 0 Å². The number of carbonyl (C=O) groups is 1. The largest absolute Gasteiger partial charge is 0.352 e. The van der Waals surface area contributed by atoms with Crippen molar-refractivity contribution in [3.63, 3.8) is 0 Å².